The van der Waals surface area contributed by atoms with Gasteiger partial charge in [-0.05, 0) is 59.1 Å². The molecule has 2 aromatic carbocycles. The molecule has 8 nitrogen and oxygen atoms in total. The Hall–Kier alpha value is -2.94. The normalized spacial score (nSPS) is 10.7. The second kappa shape index (κ2) is 8.43. The lowest BCUT2D eigenvalue weighted by Gasteiger charge is -2.11. The monoisotopic (exact) mass is 421 g/mol. The average molecular weight is 422 g/mol. The summed E-state index contributed by atoms with van der Waals surface area (Å²) in [5.41, 5.74) is 4.15. The molecule has 0 bridgehead atoms. The van der Waals surface area contributed by atoms with Gasteiger partial charge in [0, 0.05) is 11.6 Å². The summed E-state index contributed by atoms with van der Waals surface area (Å²) in [6.07, 6.45) is 1.23. The topological polar surface area (TPSA) is 114 Å². The van der Waals surface area contributed by atoms with Crippen LogP contribution < -0.4 is 10.2 Å². The fraction of sp³-hybridized carbons (Fsp3) is 0.176. The maximum Gasteiger partial charge on any atom is 0.311 e. The van der Waals surface area contributed by atoms with Gasteiger partial charge in [-0.3, -0.25) is 14.9 Å². The van der Waals surface area contributed by atoms with E-state index in [1.807, 2.05) is 26.0 Å². The quantitative estimate of drug-likeness (QED) is 0.422. The van der Waals surface area contributed by atoms with Gasteiger partial charge in [0.2, 0.25) is 0 Å². The molecular formula is C17H16BrN3O5. The van der Waals surface area contributed by atoms with Gasteiger partial charge >= 0.3 is 5.69 Å². The number of nitrogens with one attached hydrogen (secondary N) is 1. The van der Waals surface area contributed by atoms with E-state index in [0.717, 1.165) is 21.7 Å². The van der Waals surface area contributed by atoms with Gasteiger partial charge in [0.05, 0.1) is 15.6 Å². The highest BCUT2D eigenvalue weighted by Gasteiger charge is 2.13. The molecule has 0 spiro atoms. The van der Waals surface area contributed by atoms with Crippen LogP contribution in [0.3, 0.4) is 0 Å². The van der Waals surface area contributed by atoms with E-state index in [1.165, 1.54) is 18.3 Å². The first kappa shape index (κ1) is 19.4. The lowest BCUT2D eigenvalue weighted by Crippen LogP contribution is -2.24. The van der Waals surface area contributed by atoms with Crippen LogP contribution in [0.15, 0.2) is 39.9 Å². The molecule has 0 heterocycles. The van der Waals surface area contributed by atoms with Crippen LogP contribution in [0.5, 0.6) is 11.5 Å². The number of rotatable bonds is 6. The number of nitrogens with zero attached hydrogens (tertiary/aromatic N) is 2. The van der Waals surface area contributed by atoms with Crippen molar-refractivity contribution < 1.29 is 19.6 Å². The molecule has 2 rings (SSSR count). The van der Waals surface area contributed by atoms with E-state index in [0.29, 0.717) is 11.3 Å². The fourth-order valence-corrected chi connectivity index (χ4v) is 2.99. The van der Waals surface area contributed by atoms with Crippen molar-refractivity contribution in [2.45, 2.75) is 13.8 Å². The summed E-state index contributed by atoms with van der Waals surface area (Å²) >= 11 is 3.39. The lowest BCUT2D eigenvalue weighted by atomic mass is 10.1. The Morgan fingerprint density at radius 1 is 1.38 bits per heavy atom. The lowest BCUT2D eigenvalue weighted by molar-refractivity contribution is -0.385. The second-order valence-corrected chi connectivity index (χ2v) is 6.33. The minimum atomic E-state index is -0.707. The van der Waals surface area contributed by atoms with Crippen molar-refractivity contribution in [3.05, 3.63) is 61.6 Å². The Bertz CT molecular complexity index is 860. The molecule has 1 amide bonds. The third-order valence-corrected chi connectivity index (χ3v) is 3.91. The van der Waals surface area contributed by atoms with Gasteiger partial charge in [-0.15, -0.1) is 0 Å². The van der Waals surface area contributed by atoms with Crippen LogP contribution in [0.4, 0.5) is 5.69 Å². The second-order valence-electron chi connectivity index (χ2n) is 5.48. The van der Waals surface area contributed by atoms with Gasteiger partial charge in [-0.25, -0.2) is 5.43 Å². The summed E-state index contributed by atoms with van der Waals surface area (Å²) in [4.78, 5) is 21.9. The number of aryl methyl sites for hydroxylation is 2. The number of phenols is 1. The van der Waals surface area contributed by atoms with Crippen molar-refractivity contribution in [3.63, 3.8) is 0 Å². The zero-order chi connectivity index (χ0) is 19.3. The predicted molar refractivity (Wildman–Crippen MR) is 99.6 cm³/mol. The summed E-state index contributed by atoms with van der Waals surface area (Å²) in [7, 11) is 0. The number of aromatic hydroxyl groups is 1. The SMILES string of the molecule is Cc1cc(C)c(OCC(=O)N/N=C/c2ccc(O)c([N+](=O)[O-])c2)c(Br)c1. The Morgan fingerprint density at radius 2 is 2.12 bits per heavy atom. The highest BCUT2D eigenvalue weighted by molar-refractivity contribution is 9.10. The van der Waals surface area contributed by atoms with Crippen molar-refractivity contribution >= 4 is 33.7 Å². The number of nitro groups is 1. The molecule has 0 aliphatic rings. The van der Waals surface area contributed by atoms with Gasteiger partial charge in [-0.2, -0.15) is 5.10 Å². The molecule has 0 fully saturated rings. The highest BCUT2D eigenvalue weighted by Crippen LogP contribution is 2.30. The Balaban J connectivity index is 1.94. The Labute approximate surface area is 157 Å². The summed E-state index contributed by atoms with van der Waals surface area (Å²) in [5, 5.41) is 23.9. The maximum absolute atomic E-state index is 11.8. The predicted octanol–water partition coefficient (Wildman–Crippen LogP) is 3.21. The third-order valence-electron chi connectivity index (χ3n) is 3.32. The number of hydrazone groups is 1. The zero-order valence-corrected chi connectivity index (χ0v) is 15.6. The van der Waals surface area contributed by atoms with Crippen LogP contribution in [0.1, 0.15) is 16.7 Å². The number of ether oxygens (including phenoxy) is 1. The molecule has 0 saturated heterocycles. The van der Waals surface area contributed by atoms with Crippen LogP contribution >= 0.6 is 15.9 Å². The number of hydrogen-bond acceptors (Lipinski definition) is 6. The van der Waals surface area contributed by atoms with Crippen molar-refractivity contribution in [1.29, 1.82) is 0 Å². The van der Waals surface area contributed by atoms with E-state index in [9.17, 15) is 20.0 Å². The number of nitro benzene ring substituents is 1. The van der Waals surface area contributed by atoms with Crippen molar-refractivity contribution in [1.82, 2.24) is 5.43 Å². The largest absolute Gasteiger partial charge is 0.502 e. The first-order valence-corrected chi connectivity index (χ1v) is 8.26. The number of hydrogen-bond donors (Lipinski definition) is 2. The van der Waals surface area contributed by atoms with Gasteiger partial charge < -0.3 is 9.84 Å². The molecular weight excluding hydrogens is 406 g/mol. The number of carbonyl (C=O) groups is 1. The first-order chi connectivity index (χ1) is 12.3. The molecule has 136 valence electrons. The summed E-state index contributed by atoms with van der Waals surface area (Å²) < 4.78 is 6.25. The zero-order valence-electron chi connectivity index (χ0n) is 14.0. The first-order valence-electron chi connectivity index (χ1n) is 7.47. The summed E-state index contributed by atoms with van der Waals surface area (Å²) in [6.45, 7) is 3.59. The van der Waals surface area contributed by atoms with Crippen LogP contribution in [0, 0.1) is 24.0 Å². The van der Waals surface area contributed by atoms with Crippen LogP contribution in [0.25, 0.3) is 0 Å². The van der Waals surface area contributed by atoms with E-state index < -0.39 is 22.3 Å². The molecule has 0 unspecified atom stereocenters. The highest BCUT2D eigenvalue weighted by atomic mass is 79.9. The van der Waals surface area contributed by atoms with Crippen LogP contribution in [0.2, 0.25) is 0 Å². The molecule has 0 saturated carbocycles. The van der Waals surface area contributed by atoms with Crippen LogP contribution in [-0.4, -0.2) is 28.8 Å². The fourth-order valence-electron chi connectivity index (χ4n) is 2.20. The van der Waals surface area contributed by atoms with Crippen molar-refractivity contribution in [2.24, 2.45) is 5.10 Å². The molecule has 0 aliphatic heterocycles. The molecule has 0 aliphatic carbocycles. The molecule has 0 radical (unpaired) electrons. The Morgan fingerprint density at radius 3 is 2.77 bits per heavy atom. The molecule has 0 atom stereocenters. The standard InChI is InChI=1S/C17H16BrN3O5/c1-10-5-11(2)17(13(18)6-10)26-9-16(23)20-19-8-12-3-4-15(22)14(7-12)21(24)25/h3-8,22H,9H2,1-2H3,(H,20,23)/b19-8+. The molecule has 0 aromatic heterocycles. The summed E-state index contributed by atoms with van der Waals surface area (Å²) in [6, 6.07) is 7.58. The van der Waals surface area contributed by atoms with Gasteiger partial charge in [0.15, 0.2) is 12.4 Å². The molecule has 2 aromatic rings. The number of amides is 1. The number of halogens is 1. The average Bonchev–Trinajstić information content (AvgIpc) is 2.55. The van der Waals surface area contributed by atoms with Crippen molar-refractivity contribution in [3.8, 4) is 11.5 Å². The molecule has 2 N–H and O–H groups in total. The van der Waals surface area contributed by atoms with E-state index in [4.69, 9.17) is 4.74 Å². The van der Waals surface area contributed by atoms with E-state index in [-0.39, 0.29) is 6.61 Å². The van der Waals surface area contributed by atoms with Gasteiger partial charge in [-0.1, -0.05) is 6.07 Å². The minimum Gasteiger partial charge on any atom is -0.502 e. The minimum absolute atomic E-state index is 0.241. The Kier molecular flexibility index (Phi) is 6.29. The number of benzene rings is 2. The van der Waals surface area contributed by atoms with E-state index >= 15 is 0 Å². The third kappa shape index (κ3) is 5.03. The van der Waals surface area contributed by atoms with E-state index in [1.54, 1.807) is 0 Å². The van der Waals surface area contributed by atoms with Crippen molar-refractivity contribution in [2.75, 3.05) is 6.61 Å². The molecule has 9 heteroatoms. The molecule has 26 heavy (non-hydrogen) atoms. The van der Waals surface area contributed by atoms with Gasteiger partial charge in [0.1, 0.15) is 5.75 Å². The van der Waals surface area contributed by atoms with Crippen LogP contribution in [-0.2, 0) is 4.79 Å². The van der Waals surface area contributed by atoms with E-state index in [2.05, 4.69) is 26.5 Å². The smallest absolute Gasteiger partial charge is 0.311 e. The summed E-state index contributed by atoms with van der Waals surface area (Å²) in [5.74, 6) is -0.353. The van der Waals surface area contributed by atoms with Gasteiger partial charge in [0.25, 0.3) is 5.91 Å². The number of carbonyl (C=O) groups excluding carboxylic acids is 1. The number of phenolic OH excluding ortho intramolecular Hbond substituents is 1. The maximum atomic E-state index is 11.8.